The molecule has 1 aliphatic carbocycles. The Morgan fingerprint density at radius 2 is 1.12 bits per heavy atom. The highest BCUT2D eigenvalue weighted by molar-refractivity contribution is 6.10. The third-order valence-corrected chi connectivity index (χ3v) is 9.50. The lowest BCUT2D eigenvalue weighted by molar-refractivity contribution is 0.660. The average molecular weight is 555 g/mol. The van der Waals surface area contributed by atoms with Gasteiger partial charge in [0.05, 0.1) is 11.0 Å². The van der Waals surface area contributed by atoms with Crippen molar-refractivity contribution in [3.63, 3.8) is 0 Å². The zero-order chi connectivity index (χ0) is 29.3. The van der Waals surface area contributed by atoms with E-state index in [0.29, 0.717) is 0 Å². The maximum absolute atomic E-state index is 2.43. The van der Waals surface area contributed by atoms with Crippen molar-refractivity contribution in [1.82, 2.24) is 4.57 Å². The van der Waals surface area contributed by atoms with Crippen molar-refractivity contribution in [3.8, 4) is 16.8 Å². The summed E-state index contributed by atoms with van der Waals surface area (Å²) in [7, 11) is 0. The van der Waals surface area contributed by atoms with E-state index in [1.54, 1.807) is 0 Å². The molecule has 0 atom stereocenters. The summed E-state index contributed by atoms with van der Waals surface area (Å²) in [6, 6.07) is 49.1. The summed E-state index contributed by atoms with van der Waals surface area (Å²) >= 11 is 0. The van der Waals surface area contributed by atoms with Gasteiger partial charge in [-0.15, -0.1) is 0 Å². The van der Waals surface area contributed by atoms with Crippen LogP contribution >= 0.6 is 0 Å². The van der Waals surface area contributed by atoms with Gasteiger partial charge in [-0.25, -0.2) is 0 Å². The van der Waals surface area contributed by atoms with E-state index in [2.05, 4.69) is 171 Å². The Hall–Kier alpha value is -5.08. The molecule has 0 saturated carbocycles. The highest BCUT2D eigenvalue weighted by atomic mass is 15.1. The Bertz CT molecular complexity index is 2180. The molecule has 0 bridgehead atoms. The molecule has 0 N–H and O–H groups in total. The molecule has 8 rings (SSSR count). The van der Waals surface area contributed by atoms with Gasteiger partial charge in [0.2, 0.25) is 0 Å². The van der Waals surface area contributed by atoms with Gasteiger partial charge in [0.1, 0.15) is 0 Å². The Morgan fingerprint density at radius 3 is 1.95 bits per heavy atom. The second kappa shape index (κ2) is 9.47. The number of fused-ring (bicyclic) bond motifs is 6. The minimum atomic E-state index is -0.0656. The van der Waals surface area contributed by atoms with E-state index in [1.807, 2.05) is 0 Å². The molecule has 0 radical (unpaired) electrons. The van der Waals surface area contributed by atoms with Crippen LogP contribution in [-0.2, 0) is 5.41 Å². The van der Waals surface area contributed by atoms with Crippen LogP contribution in [0.25, 0.3) is 38.6 Å². The third-order valence-electron chi connectivity index (χ3n) is 9.50. The lowest BCUT2D eigenvalue weighted by atomic mass is 9.82. The molecule has 0 saturated heterocycles. The first-order chi connectivity index (χ1) is 20.9. The van der Waals surface area contributed by atoms with Gasteiger partial charge in [-0.05, 0) is 108 Å². The molecule has 0 spiro atoms. The zero-order valence-electron chi connectivity index (χ0n) is 25.1. The number of aryl methyl sites for hydroxylation is 2. The predicted octanol–water partition coefficient (Wildman–Crippen LogP) is 11.2. The summed E-state index contributed by atoms with van der Waals surface area (Å²) in [5, 5.41) is 2.51. The first-order valence-corrected chi connectivity index (χ1v) is 15.1. The maximum atomic E-state index is 2.43. The van der Waals surface area contributed by atoms with Crippen LogP contribution in [0.1, 0.15) is 36.1 Å². The molecule has 6 aromatic carbocycles. The van der Waals surface area contributed by atoms with Gasteiger partial charge in [-0.3, -0.25) is 0 Å². The fraction of sp³-hybridized carbons (Fsp3) is 0.122. The van der Waals surface area contributed by atoms with Crippen molar-refractivity contribution < 1.29 is 0 Å². The molecule has 1 aromatic heterocycles. The van der Waals surface area contributed by atoms with Gasteiger partial charge in [0.15, 0.2) is 0 Å². The average Bonchev–Trinajstić information content (AvgIpc) is 3.48. The monoisotopic (exact) mass is 554 g/mol. The van der Waals surface area contributed by atoms with Crippen molar-refractivity contribution in [3.05, 3.63) is 156 Å². The summed E-state index contributed by atoms with van der Waals surface area (Å²) in [5.41, 5.74) is 15.1. The van der Waals surface area contributed by atoms with E-state index in [0.717, 1.165) is 5.69 Å². The number of aromatic nitrogens is 1. The fourth-order valence-electron chi connectivity index (χ4n) is 7.10. The molecule has 2 nitrogen and oxygen atoms in total. The van der Waals surface area contributed by atoms with Crippen molar-refractivity contribution in [1.29, 1.82) is 0 Å². The van der Waals surface area contributed by atoms with Gasteiger partial charge in [0.25, 0.3) is 0 Å². The summed E-state index contributed by atoms with van der Waals surface area (Å²) in [6.07, 6.45) is 0. The molecular weight excluding hydrogens is 520 g/mol. The summed E-state index contributed by atoms with van der Waals surface area (Å²) in [5.74, 6) is 0. The molecule has 0 fully saturated rings. The Kier molecular flexibility index (Phi) is 5.64. The quantitative estimate of drug-likeness (QED) is 0.210. The van der Waals surface area contributed by atoms with Gasteiger partial charge in [0, 0.05) is 38.9 Å². The molecule has 1 aliphatic rings. The van der Waals surface area contributed by atoms with Crippen molar-refractivity contribution in [2.45, 2.75) is 33.1 Å². The summed E-state index contributed by atoms with van der Waals surface area (Å²) in [6.45, 7) is 9.10. The standard InChI is InChI=1S/C41H34N2/c1-27-18-19-30(24-28(27)2)42(32-20-22-34-33-14-8-10-16-37(33)41(3,4)38(34)26-32)31-21-23-40-36(25-31)35-15-9-11-17-39(35)43(40)29-12-6-5-7-13-29/h5-26H,1-4H3. The molecular formula is C41H34N2. The number of nitrogens with zero attached hydrogens (tertiary/aromatic N) is 2. The van der Waals surface area contributed by atoms with Crippen LogP contribution in [0.5, 0.6) is 0 Å². The predicted molar refractivity (Wildman–Crippen MR) is 183 cm³/mol. The number of hydrogen-bond donors (Lipinski definition) is 0. The normalized spacial score (nSPS) is 13.3. The largest absolute Gasteiger partial charge is 0.310 e. The molecule has 2 heteroatoms. The summed E-state index contributed by atoms with van der Waals surface area (Å²) in [4.78, 5) is 2.43. The molecule has 0 unspecified atom stereocenters. The number of benzene rings is 6. The van der Waals surface area contributed by atoms with E-state index in [1.165, 1.54) is 72.2 Å². The SMILES string of the molecule is Cc1ccc(N(c2ccc3c(c2)C(C)(C)c2ccccc2-3)c2ccc3c(c2)c2ccccc2n3-c2ccccc2)cc1C. The lowest BCUT2D eigenvalue weighted by Gasteiger charge is -2.28. The summed E-state index contributed by atoms with van der Waals surface area (Å²) < 4.78 is 2.38. The van der Waals surface area contributed by atoms with Gasteiger partial charge in [-0.1, -0.05) is 86.6 Å². The minimum Gasteiger partial charge on any atom is -0.310 e. The number of para-hydroxylation sites is 2. The fourth-order valence-corrected chi connectivity index (χ4v) is 7.10. The van der Waals surface area contributed by atoms with Gasteiger partial charge in [-0.2, -0.15) is 0 Å². The second-order valence-electron chi connectivity index (χ2n) is 12.4. The molecule has 7 aromatic rings. The van der Waals surface area contributed by atoms with E-state index in [-0.39, 0.29) is 5.41 Å². The molecule has 1 heterocycles. The number of rotatable bonds is 4. The maximum Gasteiger partial charge on any atom is 0.0542 e. The van der Waals surface area contributed by atoms with Crippen LogP contribution in [-0.4, -0.2) is 4.57 Å². The van der Waals surface area contributed by atoms with E-state index >= 15 is 0 Å². The topological polar surface area (TPSA) is 8.17 Å². The van der Waals surface area contributed by atoms with E-state index in [9.17, 15) is 0 Å². The van der Waals surface area contributed by atoms with Crippen LogP contribution in [0.4, 0.5) is 17.1 Å². The Morgan fingerprint density at radius 1 is 0.488 bits per heavy atom. The highest BCUT2D eigenvalue weighted by Crippen LogP contribution is 2.51. The lowest BCUT2D eigenvalue weighted by Crippen LogP contribution is -2.16. The van der Waals surface area contributed by atoms with Crippen LogP contribution in [0.15, 0.2) is 133 Å². The number of anilines is 3. The van der Waals surface area contributed by atoms with Gasteiger partial charge >= 0.3 is 0 Å². The first-order valence-electron chi connectivity index (χ1n) is 15.1. The van der Waals surface area contributed by atoms with Crippen LogP contribution in [0.3, 0.4) is 0 Å². The number of hydrogen-bond acceptors (Lipinski definition) is 1. The Balaban J connectivity index is 1.36. The first kappa shape index (κ1) is 25.6. The highest BCUT2D eigenvalue weighted by Gasteiger charge is 2.35. The van der Waals surface area contributed by atoms with E-state index < -0.39 is 0 Å². The molecule has 0 amide bonds. The Labute approximate surface area is 253 Å². The molecule has 43 heavy (non-hydrogen) atoms. The van der Waals surface area contributed by atoms with Crippen molar-refractivity contribution >= 4 is 38.9 Å². The molecule has 0 aliphatic heterocycles. The smallest absolute Gasteiger partial charge is 0.0542 e. The van der Waals surface area contributed by atoms with Crippen LogP contribution < -0.4 is 4.90 Å². The second-order valence-corrected chi connectivity index (χ2v) is 12.4. The third kappa shape index (κ3) is 3.87. The van der Waals surface area contributed by atoms with E-state index in [4.69, 9.17) is 0 Å². The minimum absolute atomic E-state index is 0.0656. The van der Waals surface area contributed by atoms with Crippen molar-refractivity contribution in [2.24, 2.45) is 0 Å². The zero-order valence-corrected chi connectivity index (χ0v) is 25.1. The van der Waals surface area contributed by atoms with Crippen LogP contribution in [0.2, 0.25) is 0 Å². The molecule has 208 valence electrons. The van der Waals surface area contributed by atoms with Crippen molar-refractivity contribution in [2.75, 3.05) is 4.90 Å². The van der Waals surface area contributed by atoms with Crippen LogP contribution in [0, 0.1) is 13.8 Å². The van der Waals surface area contributed by atoms with Gasteiger partial charge < -0.3 is 9.47 Å².